The predicted molar refractivity (Wildman–Crippen MR) is 182 cm³/mol. The fourth-order valence-corrected chi connectivity index (χ4v) is 5.94. The zero-order valence-electron chi connectivity index (χ0n) is 27.1. The Morgan fingerprint density at radius 1 is 0.771 bits per heavy atom. The number of hydrogen-bond donors (Lipinski definition) is 0. The maximum Gasteiger partial charge on any atom is 0.416 e. The van der Waals surface area contributed by atoms with Crippen LogP contribution in [0, 0.1) is 5.82 Å². The van der Waals surface area contributed by atoms with Gasteiger partial charge in [0, 0.05) is 36.8 Å². The number of rotatable bonds is 13. The summed E-state index contributed by atoms with van der Waals surface area (Å²) in [6.45, 7) is 7.30. The molecule has 5 rings (SSSR count). The maximum absolute atomic E-state index is 14.5. The van der Waals surface area contributed by atoms with Crippen LogP contribution in [0.3, 0.4) is 0 Å². The van der Waals surface area contributed by atoms with Crippen molar-refractivity contribution in [3.05, 3.63) is 142 Å². The lowest BCUT2D eigenvalue weighted by molar-refractivity contribution is -0.137. The number of amides is 1. The van der Waals surface area contributed by atoms with Crippen molar-refractivity contribution in [2.75, 3.05) is 26.2 Å². The number of benzene rings is 4. The smallest absolute Gasteiger partial charge is 0.336 e. The number of hydrogen-bond acceptors (Lipinski definition) is 3. The van der Waals surface area contributed by atoms with Crippen LogP contribution in [0.5, 0.6) is 0 Å². The largest absolute Gasteiger partial charge is 0.416 e. The molecule has 250 valence electrons. The molecular formula is C39H39F4N3O2. The zero-order valence-corrected chi connectivity index (χ0v) is 27.1. The molecule has 0 aliphatic carbocycles. The van der Waals surface area contributed by atoms with Crippen molar-refractivity contribution < 1.29 is 22.4 Å². The third-order valence-corrected chi connectivity index (χ3v) is 8.81. The zero-order chi connectivity index (χ0) is 34.3. The molecule has 0 fully saturated rings. The van der Waals surface area contributed by atoms with Gasteiger partial charge in [0.15, 0.2) is 5.43 Å². The molecule has 0 radical (unpaired) electrons. The van der Waals surface area contributed by atoms with Gasteiger partial charge in [0.2, 0.25) is 5.91 Å². The van der Waals surface area contributed by atoms with Gasteiger partial charge in [0.05, 0.1) is 11.1 Å². The number of carbonyl (C=O) groups is 1. The standard InChI is InChI=1S/C39H39F4N3O2/c1-3-44(4-2)23-24-45(26-28-13-15-29(16-14-28)30-17-20-32(21-18-30)39(41,42)43)38(48)27-46-33(22-19-31-9-5-7-11-35(31)40)25-37(47)34-10-6-8-12-36(34)46/h5-18,20-21,25H,3-4,19,22-24,26-27H2,1-2H3. The Labute approximate surface area is 278 Å². The number of nitrogens with zero attached hydrogens (tertiary/aromatic N) is 3. The topological polar surface area (TPSA) is 45.5 Å². The molecule has 1 heterocycles. The lowest BCUT2D eigenvalue weighted by Crippen LogP contribution is -2.40. The van der Waals surface area contributed by atoms with Crippen molar-refractivity contribution in [2.24, 2.45) is 0 Å². The summed E-state index contributed by atoms with van der Waals surface area (Å²) in [4.78, 5) is 31.3. The molecule has 0 saturated carbocycles. The van der Waals surface area contributed by atoms with Gasteiger partial charge in [-0.05, 0) is 78.5 Å². The molecule has 0 bridgehead atoms. The van der Waals surface area contributed by atoms with Gasteiger partial charge in [-0.15, -0.1) is 0 Å². The quantitative estimate of drug-likeness (QED) is 0.121. The Bertz CT molecular complexity index is 1900. The van der Waals surface area contributed by atoms with Crippen LogP contribution in [0.4, 0.5) is 17.6 Å². The Morgan fingerprint density at radius 2 is 1.40 bits per heavy atom. The van der Waals surface area contributed by atoms with Gasteiger partial charge in [-0.3, -0.25) is 9.59 Å². The van der Waals surface area contributed by atoms with E-state index in [4.69, 9.17) is 0 Å². The number of pyridine rings is 1. The first-order valence-corrected chi connectivity index (χ1v) is 16.2. The summed E-state index contributed by atoms with van der Waals surface area (Å²) >= 11 is 0. The SMILES string of the molecule is CCN(CC)CCN(Cc1ccc(-c2ccc(C(F)(F)F)cc2)cc1)C(=O)Cn1c(CCc2ccccc2F)cc(=O)c2ccccc21. The lowest BCUT2D eigenvalue weighted by Gasteiger charge is -2.28. The minimum atomic E-state index is -4.40. The highest BCUT2D eigenvalue weighted by molar-refractivity contribution is 5.83. The number of para-hydroxylation sites is 1. The molecule has 0 atom stereocenters. The molecule has 0 aliphatic heterocycles. The molecule has 0 N–H and O–H groups in total. The van der Waals surface area contributed by atoms with E-state index in [9.17, 15) is 27.2 Å². The van der Waals surface area contributed by atoms with Crippen molar-refractivity contribution >= 4 is 16.8 Å². The molecule has 5 aromatic rings. The molecule has 1 aromatic heterocycles. The van der Waals surface area contributed by atoms with Crippen LogP contribution in [0.1, 0.15) is 36.2 Å². The third-order valence-electron chi connectivity index (χ3n) is 8.81. The molecule has 5 nitrogen and oxygen atoms in total. The second-order valence-corrected chi connectivity index (χ2v) is 11.8. The van der Waals surface area contributed by atoms with Crippen LogP contribution < -0.4 is 5.43 Å². The van der Waals surface area contributed by atoms with Crippen LogP contribution >= 0.6 is 0 Å². The Kier molecular flexibility index (Phi) is 11.1. The highest BCUT2D eigenvalue weighted by Gasteiger charge is 2.30. The van der Waals surface area contributed by atoms with Crippen LogP contribution in [0.15, 0.2) is 108 Å². The first kappa shape index (κ1) is 34.6. The number of halogens is 4. The van der Waals surface area contributed by atoms with Crippen molar-refractivity contribution in [1.82, 2.24) is 14.4 Å². The lowest BCUT2D eigenvalue weighted by atomic mass is 10.0. The number of fused-ring (bicyclic) bond motifs is 1. The van der Waals surface area contributed by atoms with Gasteiger partial charge in [-0.25, -0.2) is 4.39 Å². The highest BCUT2D eigenvalue weighted by atomic mass is 19.4. The van der Waals surface area contributed by atoms with Gasteiger partial charge in [-0.2, -0.15) is 13.2 Å². The third kappa shape index (κ3) is 8.39. The maximum atomic E-state index is 14.5. The van der Waals surface area contributed by atoms with E-state index in [1.165, 1.54) is 18.2 Å². The average molecular weight is 658 g/mol. The second-order valence-electron chi connectivity index (χ2n) is 11.8. The van der Waals surface area contributed by atoms with E-state index < -0.39 is 11.7 Å². The molecule has 1 amide bonds. The highest BCUT2D eigenvalue weighted by Crippen LogP contribution is 2.31. The van der Waals surface area contributed by atoms with E-state index in [-0.39, 0.29) is 23.7 Å². The van der Waals surface area contributed by atoms with E-state index in [2.05, 4.69) is 18.7 Å². The van der Waals surface area contributed by atoms with Gasteiger partial charge in [-0.1, -0.05) is 80.6 Å². The number of carbonyl (C=O) groups excluding carboxylic acids is 1. The Balaban J connectivity index is 1.41. The fraction of sp³-hybridized carbons (Fsp3) is 0.282. The molecule has 0 saturated heterocycles. The summed E-state index contributed by atoms with van der Waals surface area (Å²) in [5, 5.41) is 0.508. The van der Waals surface area contributed by atoms with Crippen LogP contribution in [0.25, 0.3) is 22.0 Å². The minimum Gasteiger partial charge on any atom is -0.336 e. The summed E-state index contributed by atoms with van der Waals surface area (Å²) in [6.07, 6.45) is -3.65. The van der Waals surface area contributed by atoms with E-state index in [1.54, 1.807) is 41.3 Å². The second kappa shape index (κ2) is 15.4. The molecule has 0 aliphatic rings. The molecule has 48 heavy (non-hydrogen) atoms. The molecule has 4 aromatic carbocycles. The van der Waals surface area contributed by atoms with Crippen LogP contribution in [0.2, 0.25) is 0 Å². The van der Waals surface area contributed by atoms with Crippen molar-refractivity contribution in [1.29, 1.82) is 0 Å². The Morgan fingerprint density at radius 3 is 2.04 bits per heavy atom. The number of likely N-dealkylation sites (N-methyl/N-ethyl adjacent to an activating group) is 1. The van der Waals surface area contributed by atoms with Crippen molar-refractivity contribution in [2.45, 2.75) is 46.0 Å². The summed E-state index contributed by atoms with van der Waals surface area (Å²) in [5.74, 6) is -0.440. The first-order chi connectivity index (χ1) is 23.1. The summed E-state index contributed by atoms with van der Waals surface area (Å²) in [5.41, 5.74) is 3.30. The average Bonchev–Trinajstić information content (AvgIpc) is 3.09. The van der Waals surface area contributed by atoms with Crippen LogP contribution in [-0.2, 0) is 36.9 Å². The Hall–Kier alpha value is -4.76. The molecule has 0 unspecified atom stereocenters. The van der Waals surface area contributed by atoms with Crippen LogP contribution in [-0.4, -0.2) is 46.5 Å². The number of aryl methyl sites for hydroxylation is 2. The molecule has 9 heteroatoms. The molecule has 0 spiro atoms. The van der Waals surface area contributed by atoms with Gasteiger partial charge in [0.25, 0.3) is 0 Å². The predicted octanol–water partition coefficient (Wildman–Crippen LogP) is 7.98. The van der Waals surface area contributed by atoms with E-state index in [0.29, 0.717) is 60.2 Å². The van der Waals surface area contributed by atoms with Gasteiger partial charge >= 0.3 is 6.18 Å². The van der Waals surface area contributed by atoms with E-state index in [0.717, 1.165) is 36.3 Å². The van der Waals surface area contributed by atoms with Crippen molar-refractivity contribution in [3.63, 3.8) is 0 Å². The monoisotopic (exact) mass is 657 g/mol. The van der Waals surface area contributed by atoms with Gasteiger partial charge < -0.3 is 14.4 Å². The summed E-state index contributed by atoms with van der Waals surface area (Å²) in [7, 11) is 0. The van der Waals surface area contributed by atoms with Gasteiger partial charge in [0.1, 0.15) is 12.4 Å². The first-order valence-electron chi connectivity index (χ1n) is 16.2. The minimum absolute atomic E-state index is 0.00468. The summed E-state index contributed by atoms with van der Waals surface area (Å²) in [6, 6.07) is 27.8. The van der Waals surface area contributed by atoms with Crippen molar-refractivity contribution in [3.8, 4) is 11.1 Å². The van der Waals surface area contributed by atoms with E-state index in [1.807, 2.05) is 41.0 Å². The fourth-order valence-electron chi connectivity index (χ4n) is 5.94. The van der Waals surface area contributed by atoms with E-state index >= 15 is 0 Å². The molecular weight excluding hydrogens is 618 g/mol. The summed E-state index contributed by atoms with van der Waals surface area (Å²) < 4.78 is 55.4. The number of aromatic nitrogens is 1. The number of alkyl halides is 3. The normalized spacial score (nSPS) is 11.7.